The van der Waals surface area contributed by atoms with Gasteiger partial charge in [0.15, 0.2) is 5.82 Å². The summed E-state index contributed by atoms with van der Waals surface area (Å²) in [4.78, 5) is 37.1. The molecule has 0 saturated carbocycles. The van der Waals surface area contributed by atoms with Crippen LogP contribution < -0.4 is 11.1 Å². The molecule has 2 heterocycles. The van der Waals surface area contributed by atoms with Gasteiger partial charge in [-0.2, -0.15) is 0 Å². The normalized spacial score (nSPS) is 17.1. The maximum absolute atomic E-state index is 12.8. The number of nitrogens with one attached hydrogen (secondary N) is 1. The van der Waals surface area contributed by atoms with E-state index in [9.17, 15) is 14.4 Å². The zero-order valence-electron chi connectivity index (χ0n) is 19.3. The summed E-state index contributed by atoms with van der Waals surface area (Å²) in [5.74, 6) is -0.442. The number of amides is 1. The molecule has 33 heavy (non-hydrogen) atoms. The predicted octanol–water partition coefficient (Wildman–Crippen LogP) is 3.69. The van der Waals surface area contributed by atoms with E-state index in [0.717, 1.165) is 24.8 Å². The lowest BCUT2D eigenvalue weighted by molar-refractivity contribution is -0.147. The molecule has 2 unspecified atom stereocenters. The zero-order valence-corrected chi connectivity index (χ0v) is 19.3. The van der Waals surface area contributed by atoms with Gasteiger partial charge in [0.05, 0.1) is 6.04 Å². The first kappa shape index (κ1) is 24.3. The lowest BCUT2D eigenvalue weighted by Crippen LogP contribution is -2.44. The first-order valence-electron chi connectivity index (χ1n) is 11.2. The second-order valence-corrected chi connectivity index (χ2v) is 9.00. The monoisotopic (exact) mass is 457 g/mol. The molecule has 178 valence electrons. The number of carbonyl (C=O) groups is 2. The van der Waals surface area contributed by atoms with Crippen LogP contribution in [-0.2, 0) is 27.3 Å². The molecule has 2 aromatic rings. The minimum atomic E-state index is -0.941. The van der Waals surface area contributed by atoms with Crippen molar-refractivity contribution in [2.24, 2.45) is 0 Å². The van der Waals surface area contributed by atoms with Crippen LogP contribution in [0.15, 0.2) is 51.8 Å². The number of allylic oxidation sites excluding steroid dienone is 1. The molecule has 0 aliphatic carbocycles. The molecular formula is C24H31N3O6. The number of ether oxygens (including phenoxy) is 2. The largest absolute Gasteiger partial charge is 0.459 e. The van der Waals surface area contributed by atoms with E-state index < -0.39 is 29.5 Å². The molecule has 1 aromatic heterocycles. The number of carbonyl (C=O) groups excluding carboxylic acids is 2. The summed E-state index contributed by atoms with van der Waals surface area (Å²) in [7, 11) is 0. The van der Waals surface area contributed by atoms with E-state index >= 15 is 0 Å². The fraction of sp³-hybridized carbons (Fsp3) is 0.500. The highest BCUT2D eigenvalue weighted by atomic mass is 16.6. The number of esters is 1. The summed E-state index contributed by atoms with van der Waals surface area (Å²) < 4.78 is 17.1. The molecule has 1 amide bonds. The number of alkyl carbamates (subject to hydrolysis) is 1. The standard InChI is InChI=1S/C24H31N3O6/c1-24(2,3)32-22(29)25-19(21(28)31-16-17-10-5-4-6-11-17)14-9-13-18-12-7-8-15-20-26-33-23(30)27(18)20/h4-6,9-11,13,18-19H,7-8,12,14-16H2,1-3H3,(H,25,29)/b13-9+. The van der Waals surface area contributed by atoms with Gasteiger partial charge in [0.25, 0.3) is 0 Å². The van der Waals surface area contributed by atoms with E-state index in [0.29, 0.717) is 12.2 Å². The van der Waals surface area contributed by atoms with E-state index in [1.54, 1.807) is 31.4 Å². The Hall–Kier alpha value is -3.36. The molecule has 0 spiro atoms. The summed E-state index contributed by atoms with van der Waals surface area (Å²) in [5, 5.41) is 6.46. The summed E-state index contributed by atoms with van der Waals surface area (Å²) in [6.07, 6.45) is 6.40. The van der Waals surface area contributed by atoms with Crippen LogP contribution in [0.3, 0.4) is 0 Å². The maximum atomic E-state index is 12.8. The van der Waals surface area contributed by atoms with Gasteiger partial charge in [-0.25, -0.2) is 14.4 Å². The number of fused-ring (bicyclic) bond motifs is 1. The lowest BCUT2D eigenvalue weighted by Gasteiger charge is -2.22. The Bertz CT molecular complexity index is 1020. The lowest BCUT2D eigenvalue weighted by atomic mass is 10.1. The van der Waals surface area contributed by atoms with E-state index in [1.807, 2.05) is 36.4 Å². The summed E-state index contributed by atoms with van der Waals surface area (Å²) >= 11 is 0. The number of aryl methyl sites for hydroxylation is 1. The topological polar surface area (TPSA) is 113 Å². The predicted molar refractivity (Wildman–Crippen MR) is 121 cm³/mol. The third-order valence-corrected chi connectivity index (χ3v) is 5.12. The van der Waals surface area contributed by atoms with Crippen molar-refractivity contribution in [1.29, 1.82) is 0 Å². The average molecular weight is 458 g/mol. The Labute approximate surface area is 192 Å². The highest BCUT2D eigenvalue weighted by Gasteiger charge is 2.26. The number of hydrogen-bond acceptors (Lipinski definition) is 7. The zero-order chi connectivity index (χ0) is 23.8. The van der Waals surface area contributed by atoms with Crippen molar-refractivity contribution in [2.45, 2.75) is 77.2 Å². The highest BCUT2D eigenvalue weighted by molar-refractivity contribution is 5.81. The van der Waals surface area contributed by atoms with Crippen molar-refractivity contribution in [1.82, 2.24) is 15.0 Å². The Morgan fingerprint density at radius 1 is 1.27 bits per heavy atom. The van der Waals surface area contributed by atoms with Gasteiger partial charge < -0.3 is 14.8 Å². The fourth-order valence-electron chi connectivity index (χ4n) is 3.59. The fourth-order valence-corrected chi connectivity index (χ4v) is 3.59. The minimum absolute atomic E-state index is 0.0952. The molecule has 9 heteroatoms. The van der Waals surface area contributed by atoms with Crippen molar-refractivity contribution in [3.8, 4) is 0 Å². The number of aromatic nitrogens is 2. The third kappa shape index (κ3) is 7.34. The molecule has 0 fully saturated rings. The number of benzene rings is 1. The van der Waals surface area contributed by atoms with E-state index in [4.69, 9.17) is 14.0 Å². The molecule has 3 rings (SSSR count). The molecule has 2 atom stereocenters. The number of hydrogen-bond donors (Lipinski definition) is 1. The smallest absolute Gasteiger partial charge is 0.442 e. The highest BCUT2D eigenvalue weighted by Crippen LogP contribution is 2.22. The Balaban J connectivity index is 1.69. The molecule has 1 aromatic carbocycles. The first-order valence-corrected chi connectivity index (χ1v) is 11.2. The second-order valence-electron chi connectivity index (χ2n) is 9.00. The van der Waals surface area contributed by atoms with Crippen molar-refractivity contribution in [2.75, 3.05) is 0 Å². The Morgan fingerprint density at radius 3 is 2.76 bits per heavy atom. The van der Waals surface area contributed by atoms with Gasteiger partial charge in [0, 0.05) is 6.42 Å². The van der Waals surface area contributed by atoms with Gasteiger partial charge in [0.2, 0.25) is 0 Å². The molecular weight excluding hydrogens is 426 g/mol. The third-order valence-electron chi connectivity index (χ3n) is 5.12. The summed E-state index contributed by atoms with van der Waals surface area (Å²) in [5.41, 5.74) is 0.139. The first-order chi connectivity index (χ1) is 15.7. The van der Waals surface area contributed by atoms with Gasteiger partial charge in [-0.05, 0) is 45.6 Å². The van der Waals surface area contributed by atoms with Gasteiger partial charge >= 0.3 is 17.8 Å². The molecule has 0 radical (unpaired) electrons. The molecule has 1 N–H and O–H groups in total. The molecule has 0 saturated heterocycles. The van der Waals surface area contributed by atoms with E-state index in [1.165, 1.54) is 0 Å². The molecule has 1 aliphatic heterocycles. The average Bonchev–Trinajstić information content (AvgIpc) is 2.99. The van der Waals surface area contributed by atoms with Crippen LogP contribution in [0.4, 0.5) is 4.79 Å². The minimum Gasteiger partial charge on any atom is -0.459 e. The SMILES string of the molecule is CC(C)(C)OC(=O)NC(C/C=C/C1CCCCc2noc(=O)n21)C(=O)OCc1ccccc1. The molecule has 1 aliphatic rings. The Kier molecular flexibility index (Phi) is 8.08. The van der Waals surface area contributed by atoms with Crippen molar-refractivity contribution in [3.05, 3.63) is 64.4 Å². The van der Waals surface area contributed by atoms with Gasteiger partial charge in [0.1, 0.15) is 18.2 Å². The van der Waals surface area contributed by atoms with Crippen LogP contribution in [0.25, 0.3) is 0 Å². The van der Waals surface area contributed by atoms with Gasteiger partial charge in [-0.3, -0.25) is 9.09 Å². The van der Waals surface area contributed by atoms with Crippen molar-refractivity contribution >= 4 is 12.1 Å². The molecule has 9 nitrogen and oxygen atoms in total. The van der Waals surface area contributed by atoms with Crippen LogP contribution in [0.5, 0.6) is 0 Å². The van der Waals surface area contributed by atoms with Gasteiger partial charge in [-0.1, -0.05) is 54.1 Å². The number of rotatable bonds is 7. The van der Waals surface area contributed by atoms with Crippen molar-refractivity contribution in [3.63, 3.8) is 0 Å². The quantitative estimate of drug-likeness (QED) is 0.498. The van der Waals surface area contributed by atoms with Crippen LogP contribution in [0, 0.1) is 0 Å². The second kappa shape index (κ2) is 11.0. The summed E-state index contributed by atoms with van der Waals surface area (Å²) in [6, 6.07) is 8.13. The van der Waals surface area contributed by atoms with Crippen LogP contribution >= 0.6 is 0 Å². The van der Waals surface area contributed by atoms with Crippen LogP contribution in [0.2, 0.25) is 0 Å². The van der Waals surface area contributed by atoms with Crippen LogP contribution in [0.1, 0.15) is 63.9 Å². The van der Waals surface area contributed by atoms with E-state index in [-0.39, 0.29) is 19.1 Å². The van der Waals surface area contributed by atoms with Gasteiger partial charge in [-0.15, -0.1) is 0 Å². The Morgan fingerprint density at radius 2 is 2.03 bits per heavy atom. The van der Waals surface area contributed by atoms with Crippen LogP contribution in [-0.4, -0.2) is 33.4 Å². The number of nitrogens with zero attached hydrogens (tertiary/aromatic N) is 2. The van der Waals surface area contributed by atoms with Crippen molar-refractivity contribution < 1.29 is 23.6 Å². The maximum Gasteiger partial charge on any atom is 0.442 e. The summed E-state index contributed by atoms with van der Waals surface area (Å²) in [6.45, 7) is 5.33. The van der Waals surface area contributed by atoms with E-state index in [2.05, 4.69) is 10.5 Å². The molecule has 0 bridgehead atoms.